The zero-order valence-corrected chi connectivity index (χ0v) is 11.3. The molecule has 1 atom stereocenters. The highest BCUT2D eigenvalue weighted by Gasteiger charge is 2.11. The Morgan fingerprint density at radius 1 is 1.11 bits per heavy atom. The van der Waals surface area contributed by atoms with Crippen molar-refractivity contribution in [3.8, 4) is 5.75 Å². The summed E-state index contributed by atoms with van der Waals surface area (Å²) < 4.78 is 5.19. The Morgan fingerprint density at radius 3 is 2.53 bits per heavy atom. The summed E-state index contributed by atoms with van der Waals surface area (Å²) in [5, 5.41) is 13.3. The van der Waals surface area contributed by atoms with Crippen molar-refractivity contribution >= 4 is 5.69 Å². The van der Waals surface area contributed by atoms with Gasteiger partial charge in [0.1, 0.15) is 5.75 Å². The van der Waals surface area contributed by atoms with Crippen molar-refractivity contribution in [3.63, 3.8) is 0 Å². The van der Waals surface area contributed by atoms with Gasteiger partial charge in [-0.05, 0) is 19.1 Å². The predicted octanol–water partition coefficient (Wildman–Crippen LogP) is 3.71. The van der Waals surface area contributed by atoms with E-state index in [0.29, 0.717) is 12.4 Å². The molecule has 3 nitrogen and oxygen atoms in total. The van der Waals surface area contributed by atoms with Gasteiger partial charge in [-0.1, -0.05) is 36.4 Å². The third-order valence-electron chi connectivity index (χ3n) is 3.09. The summed E-state index contributed by atoms with van der Waals surface area (Å²) in [6, 6.07) is 15.4. The van der Waals surface area contributed by atoms with Crippen molar-refractivity contribution in [2.24, 2.45) is 0 Å². The van der Waals surface area contributed by atoms with E-state index < -0.39 is 0 Å². The second-order valence-corrected chi connectivity index (χ2v) is 4.52. The molecule has 0 aliphatic heterocycles. The molecule has 0 radical (unpaired) electrons. The van der Waals surface area contributed by atoms with E-state index in [9.17, 15) is 5.11 Å². The van der Waals surface area contributed by atoms with E-state index in [4.69, 9.17) is 4.74 Å². The lowest BCUT2D eigenvalue weighted by atomic mass is 10.1. The maximum absolute atomic E-state index is 9.87. The van der Waals surface area contributed by atoms with Gasteiger partial charge in [0.2, 0.25) is 0 Å². The molecule has 0 heterocycles. The molecule has 0 aliphatic rings. The molecule has 0 spiro atoms. The van der Waals surface area contributed by atoms with Crippen LogP contribution in [0.25, 0.3) is 0 Å². The lowest BCUT2D eigenvalue weighted by Crippen LogP contribution is -2.08. The molecule has 2 rings (SSSR count). The monoisotopic (exact) mass is 257 g/mol. The number of ether oxygens (including phenoxy) is 1. The number of phenols is 1. The van der Waals surface area contributed by atoms with E-state index in [1.54, 1.807) is 13.2 Å². The van der Waals surface area contributed by atoms with Gasteiger partial charge in [0, 0.05) is 23.9 Å². The summed E-state index contributed by atoms with van der Waals surface area (Å²) in [5.41, 5.74) is 3.02. The van der Waals surface area contributed by atoms with Crippen LogP contribution in [0.1, 0.15) is 24.1 Å². The minimum Gasteiger partial charge on any atom is -0.508 e. The largest absolute Gasteiger partial charge is 0.508 e. The molecular formula is C16H19NO2. The van der Waals surface area contributed by atoms with Crippen molar-refractivity contribution in [2.45, 2.75) is 19.6 Å². The molecule has 0 bridgehead atoms. The zero-order chi connectivity index (χ0) is 13.7. The Balaban J connectivity index is 2.19. The molecule has 0 saturated carbocycles. The fraction of sp³-hybridized carbons (Fsp3) is 0.250. The molecule has 19 heavy (non-hydrogen) atoms. The highest BCUT2D eigenvalue weighted by Crippen LogP contribution is 2.28. The number of rotatable bonds is 5. The quantitative estimate of drug-likeness (QED) is 0.858. The molecule has 0 aliphatic carbocycles. The molecule has 0 fully saturated rings. The third kappa shape index (κ3) is 3.26. The first kappa shape index (κ1) is 13.4. The Kier molecular flexibility index (Phi) is 4.42. The van der Waals surface area contributed by atoms with Gasteiger partial charge < -0.3 is 15.2 Å². The van der Waals surface area contributed by atoms with Gasteiger partial charge in [0.05, 0.1) is 12.6 Å². The number of anilines is 1. The second kappa shape index (κ2) is 6.25. The molecule has 0 aromatic heterocycles. The van der Waals surface area contributed by atoms with Crippen molar-refractivity contribution in [1.82, 2.24) is 0 Å². The Hall–Kier alpha value is -2.00. The van der Waals surface area contributed by atoms with Crippen molar-refractivity contribution in [3.05, 3.63) is 59.7 Å². The summed E-state index contributed by atoms with van der Waals surface area (Å²) in [6.07, 6.45) is 0. The van der Waals surface area contributed by atoms with Crippen LogP contribution >= 0.6 is 0 Å². The van der Waals surface area contributed by atoms with Crippen LogP contribution in [0.3, 0.4) is 0 Å². The van der Waals surface area contributed by atoms with Gasteiger partial charge in [-0.25, -0.2) is 0 Å². The van der Waals surface area contributed by atoms with Crippen LogP contribution in [0.15, 0.2) is 48.5 Å². The lowest BCUT2D eigenvalue weighted by Gasteiger charge is -2.19. The van der Waals surface area contributed by atoms with E-state index in [1.165, 1.54) is 0 Å². The summed E-state index contributed by atoms with van der Waals surface area (Å²) in [6.45, 7) is 2.59. The van der Waals surface area contributed by atoms with Crippen LogP contribution < -0.4 is 5.32 Å². The van der Waals surface area contributed by atoms with Gasteiger partial charge in [0.25, 0.3) is 0 Å². The SMILES string of the molecule is COCc1ccccc1NC(C)c1ccccc1O. The Morgan fingerprint density at radius 2 is 1.79 bits per heavy atom. The summed E-state index contributed by atoms with van der Waals surface area (Å²) >= 11 is 0. The number of aromatic hydroxyl groups is 1. The van der Waals surface area contributed by atoms with E-state index >= 15 is 0 Å². The van der Waals surface area contributed by atoms with Crippen molar-refractivity contribution < 1.29 is 9.84 Å². The van der Waals surface area contributed by atoms with E-state index in [-0.39, 0.29) is 6.04 Å². The molecule has 0 amide bonds. The fourth-order valence-electron chi connectivity index (χ4n) is 2.11. The van der Waals surface area contributed by atoms with Crippen LogP contribution in [0.4, 0.5) is 5.69 Å². The fourth-order valence-corrected chi connectivity index (χ4v) is 2.11. The van der Waals surface area contributed by atoms with Gasteiger partial charge in [-0.2, -0.15) is 0 Å². The normalized spacial score (nSPS) is 12.1. The highest BCUT2D eigenvalue weighted by atomic mass is 16.5. The summed E-state index contributed by atoms with van der Waals surface area (Å²) in [5.74, 6) is 0.312. The average molecular weight is 257 g/mol. The molecule has 2 aromatic carbocycles. The average Bonchev–Trinajstić information content (AvgIpc) is 2.41. The van der Waals surface area contributed by atoms with Crippen LogP contribution in [-0.4, -0.2) is 12.2 Å². The first-order chi connectivity index (χ1) is 9.22. The van der Waals surface area contributed by atoms with E-state index in [0.717, 1.165) is 16.8 Å². The number of hydrogen-bond donors (Lipinski definition) is 2. The molecule has 0 saturated heterocycles. The van der Waals surface area contributed by atoms with Crippen LogP contribution in [-0.2, 0) is 11.3 Å². The predicted molar refractivity (Wildman–Crippen MR) is 77.3 cm³/mol. The van der Waals surface area contributed by atoms with Crippen molar-refractivity contribution in [2.75, 3.05) is 12.4 Å². The molecule has 2 N–H and O–H groups in total. The van der Waals surface area contributed by atoms with Gasteiger partial charge in [-0.3, -0.25) is 0 Å². The number of phenolic OH excluding ortho intramolecular Hbond substituents is 1. The minimum absolute atomic E-state index is 0.0270. The molecule has 1 unspecified atom stereocenters. The number of para-hydroxylation sites is 2. The summed E-state index contributed by atoms with van der Waals surface area (Å²) in [4.78, 5) is 0. The van der Waals surface area contributed by atoms with Crippen LogP contribution in [0, 0.1) is 0 Å². The molecule has 3 heteroatoms. The van der Waals surface area contributed by atoms with Crippen LogP contribution in [0.5, 0.6) is 5.75 Å². The van der Waals surface area contributed by atoms with E-state index in [2.05, 4.69) is 5.32 Å². The maximum Gasteiger partial charge on any atom is 0.120 e. The first-order valence-electron chi connectivity index (χ1n) is 6.33. The number of hydrogen-bond acceptors (Lipinski definition) is 3. The number of nitrogens with one attached hydrogen (secondary N) is 1. The molecule has 2 aromatic rings. The standard InChI is InChI=1S/C16H19NO2/c1-12(14-8-4-6-10-16(14)18)17-15-9-5-3-7-13(15)11-19-2/h3-10,12,17-18H,11H2,1-2H3. The van der Waals surface area contributed by atoms with Gasteiger partial charge >= 0.3 is 0 Å². The Bertz CT molecular complexity index is 540. The lowest BCUT2D eigenvalue weighted by molar-refractivity contribution is 0.185. The topological polar surface area (TPSA) is 41.5 Å². The zero-order valence-electron chi connectivity index (χ0n) is 11.3. The van der Waals surface area contributed by atoms with Crippen molar-refractivity contribution in [1.29, 1.82) is 0 Å². The first-order valence-corrected chi connectivity index (χ1v) is 6.33. The summed E-state index contributed by atoms with van der Waals surface area (Å²) in [7, 11) is 1.68. The molecule has 100 valence electrons. The van der Waals surface area contributed by atoms with Crippen LogP contribution in [0.2, 0.25) is 0 Å². The number of methoxy groups -OCH3 is 1. The Labute approximate surface area is 113 Å². The minimum atomic E-state index is 0.0270. The smallest absolute Gasteiger partial charge is 0.120 e. The second-order valence-electron chi connectivity index (χ2n) is 4.52. The highest BCUT2D eigenvalue weighted by molar-refractivity contribution is 5.53. The van der Waals surface area contributed by atoms with Gasteiger partial charge in [-0.15, -0.1) is 0 Å². The van der Waals surface area contributed by atoms with E-state index in [1.807, 2.05) is 49.4 Å². The third-order valence-corrected chi connectivity index (χ3v) is 3.09. The number of benzene rings is 2. The van der Waals surface area contributed by atoms with Gasteiger partial charge in [0.15, 0.2) is 0 Å². The maximum atomic E-state index is 9.87. The molecular weight excluding hydrogens is 238 g/mol.